The molecular weight excluding hydrogens is 266 g/mol. The fraction of sp³-hybridized carbons (Fsp3) is 0.538. The summed E-state index contributed by atoms with van der Waals surface area (Å²) < 4.78 is 6.72. The lowest BCUT2D eigenvalue weighted by Crippen LogP contribution is -2.18. The topological polar surface area (TPSA) is 21.3 Å². The fourth-order valence-electron chi connectivity index (χ4n) is 1.54. The maximum atomic E-state index is 5.61. The minimum Gasteiger partial charge on any atom is -0.377 e. The molecule has 2 rings (SSSR count). The van der Waals surface area contributed by atoms with Gasteiger partial charge in [0.25, 0.3) is 0 Å². The zero-order valence-electron chi connectivity index (χ0n) is 9.42. The van der Waals surface area contributed by atoms with Crippen LogP contribution in [0.25, 0.3) is 0 Å². The molecule has 0 radical (unpaired) electrons. The first-order valence-corrected chi connectivity index (χ1v) is 6.69. The molecule has 0 saturated heterocycles. The molecule has 1 aliphatic carbocycles. The van der Waals surface area contributed by atoms with Gasteiger partial charge < -0.3 is 10.1 Å². The second kappa shape index (κ2) is 6.38. The Balaban J connectivity index is 1.51. The number of halogens is 1. The molecule has 1 fully saturated rings. The molecule has 0 atom stereocenters. The van der Waals surface area contributed by atoms with Crippen LogP contribution in [0.15, 0.2) is 28.7 Å². The van der Waals surface area contributed by atoms with Crippen molar-refractivity contribution in [3.8, 4) is 0 Å². The van der Waals surface area contributed by atoms with E-state index in [0.29, 0.717) is 0 Å². The van der Waals surface area contributed by atoms with Gasteiger partial charge in [-0.3, -0.25) is 0 Å². The van der Waals surface area contributed by atoms with Gasteiger partial charge in [-0.1, -0.05) is 28.1 Å². The van der Waals surface area contributed by atoms with Gasteiger partial charge in [0, 0.05) is 17.1 Å². The predicted octanol–water partition coefficient (Wildman–Crippen LogP) is 3.11. The zero-order valence-corrected chi connectivity index (χ0v) is 11.0. The average molecular weight is 284 g/mol. The smallest absolute Gasteiger partial charge is 0.0716 e. The normalized spacial score (nSPS) is 15.3. The lowest BCUT2D eigenvalue weighted by molar-refractivity contribution is 0.118. The summed E-state index contributed by atoms with van der Waals surface area (Å²) in [7, 11) is 0. The van der Waals surface area contributed by atoms with Gasteiger partial charge in [0.1, 0.15) is 0 Å². The van der Waals surface area contributed by atoms with Crippen LogP contribution >= 0.6 is 15.9 Å². The number of hydrogen-bond donors (Lipinski definition) is 1. The Kier molecular flexibility index (Phi) is 4.82. The summed E-state index contributed by atoms with van der Waals surface area (Å²) in [6.45, 7) is 2.65. The molecule has 0 unspecified atom stereocenters. The molecular formula is C13H18BrNO. The molecule has 1 saturated carbocycles. The largest absolute Gasteiger partial charge is 0.377 e. The second-order valence-electron chi connectivity index (χ2n) is 4.26. The number of hydrogen-bond acceptors (Lipinski definition) is 2. The van der Waals surface area contributed by atoms with Crippen molar-refractivity contribution in [3.63, 3.8) is 0 Å². The molecule has 0 aliphatic heterocycles. The summed E-state index contributed by atoms with van der Waals surface area (Å²) in [6.07, 6.45) is 3.83. The molecule has 3 heteroatoms. The molecule has 0 heterocycles. The minimum absolute atomic E-state index is 0.719. The quantitative estimate of drug-likeness (QED) is 0.777. The first-order chi connectivity index (χ1) is 7.84. The predicted molar refractivity (Wildman–Crippen MR) is 69.4 cm³/mol. The van der Waals surface area contributed by atoms with Gasteiger partial charge >= 0.3 is 0 Å². The van der Waals surface area contributed by atoms with Crippen LogP contribution in [0.4, 0.5) is 0 Å². The van der Waals surface area contributed by atoms with Crippen molar-refractivity contribution in [2.45, 2.75) is 31.9 Å². The summed E-state index contributed by atoms with van der Waals surface area (Å²) in [4.78, 5) is 0. The molecule has 16 heavy (non-hydrogen) atoms. The van der Waals surface area contributed by atoms with Gasteiger partial charge in [-0.15, -0.1) is 0 Å². The molecule has 1 aliphatic rings. The summed E-state index contributed by atoms with van der Waals surface area (Å²) in [5.41, 5.74) is 1.23. The maximum absolute atomic E-state index is 5.61. The highest BCUT2D eigenvalue weighted by molar-refractivity contribution is 9.10. The van der Waals surface area contributed by atoms with Gasteiger partial charge in [-0.05, 0) is 43.5 Å². The van der Waals surface area contributed by atoms with Crippen LogP contribution in [-0.2, 0) is 11.3 Å². The number of benzene rings is 1. The Morgan fingerprint density at radius 3 is 2.69 bits per heavy atom. The number of rotatable bonds is 7. The standard InChI is InChI=1S/C13H18BrNO/c14-12-4-2-11(3-5-12)10-16-9-1-8-15-13-6-7-13/h2-5,13,15H,1,6-10H2. The van der Waals surface area contributed by atoms with Gasteiger partial charge in [0.2, 0.25) is 0 Å². The first kappa shape index (κ1) is 12.1. The Labute approximate surface area is 106 Å². The van der Waals surface area contributed by atoms with E-state index in [0.717, 1.165) is 36.7 Å². The Morgan fingerprint density at radius 1 is 1.25 bits per heavy atom. The van der Waals surface area contributed by atoms with E-state index in [1.807, 2.05) is 12.1 Å². The maximum Gasteiger partial charge on any atom is 0.0716 e. The Hall–Kier alpha value is -0.380. The molecule has 88 valence electrons. The SMILES string of the molecule is Brc1ccc(COCCCNC2CC2)cc1. The van der Waals surface area contributed by atoms with E-state index in [1.54, 1.807) is 0 Å². The van der Waals surface area contributed by atoms with Crippen LogP contribution in [0.5, 0.6) is 0 Å². The second-order valence-corrected chi connectivity index (χ2v) is 5.18. The van der Waals surface area contributed by atoms with Crippen LogP contribution in [-0.4, -0.2) is 19.2 Å². The summed E-state index contributed by atoms with van der Waals surface area (Å²) in [6, 6.07) is 9.09. The van der Waals surface area contributed by atoms with Crippen LogP contribution in [0.1, 0.15) is 24.8 Å². The van der Waals surface area contributed by atoms with E-state index < -0.39 is 0 Å². The van der Waals surface area contributed by atoms with Gasteiger partial charge in [0.05, 0.1) is 6.61 Å². The number of ether oxygens (including phenoxy) is 1. The van der Waals surface area contributed by atoms with Crippen LogP contribution in [0, 0.1) is 0 Å². The van der Waals surface area contributed by atoms with E-state index in [1.165, 1.54) is 18.4 Å². The van der Waals surface area contributed by atoms with Crippen LogP contribution < -0.4 is 5.32 Å². The van der Waals surface area contributed by atoms with E-state index in [9.17, 15) is 0 Å². The van der Waals surface area contributed by atoms with Crippen LogP contribution in [0.3, 0.4) is 0 Å². The zero-order chi connectivity index (χ0) is 11.2. The van der Waals surface area contributed by atoms with Gasteiger partial charge in [0.15, 0.2) is 0 Å². The van der Waals surface area contributed by atoms with Crippen molar-refractivity contribution in [1.29, 1.82) is 0 Å². The van der Waals surface area contributed by atoms with E-state index in [4.69, 9.17) is 4.74 Å². The van der Waals surface area contributed by atoms with Crippen molar-refractivity contribution < 1.29 is 4.74 Å². The summed E-state index contributed by atoms with van der Waals surface area (Å²) in [5, 5.41) is 3.48. The molecule has 2 nitrogen and oxygen atoms in total. The molecule has 0 aromatic heterocycles. The van der Waals surface area contributed by atoms with Gasteiger partial charge in [-0.25, -0.2) is 0 Å². The fourth-order valence-corrected chi connectivity index (χ4v) is 1.80. The highest BCUT2D eigenvalue weighted by atomic mass is 79.9. The third-order valence-corrected chi connectivity index (χ3v) is 3.19. The highest BCUT2D eigenvalue weighted by Crippen LogP contribution is 2.18. The molecule has 0 amide bonds. The van der Waals surface area contributed by atoms with Crippen molar-refractivity contribution in [3.05, 3.63) is 34.3 Å². The minimum atomic E-state index is 0.719. The molecule has 0 bridgehead atoms. The lowest BCUT2D eigenvalue weighted by Gasteiger charge is -2.05. The Morgan fingerprint density at radius 2 is 2.00 bits per heavy atom. The van der Waals surface area contributed by atoms with Crippen LogP contribution in [0.2, 0.25) is 0 Å². The first-order valence-electron chi connectivity index (χ1n) is 5.90. The van der Waals surface area contributed by atoms with E-state index in [2.05, 4.69) is 33.4 Å². The van der Waals surface area contributed by atoms with E-state index >= 15 is 0 Å². The lowest BCUT2D eigenvalue weighted by atomic mass is 10.2. The van der Waals surface area contributed by atoms with E-state index in [-0.39, 0.29) is 0 Å². The van der Waals surface area contributed by atoms with Crippen molar-refractivity contribution in [2.75, 3.05) is 13.2 Å². The summed E-state index contributed by atoms with van der Waals surface area (Å²) >= 11 is 3.42. The van der Waals surface area contributed by atoms with Crippen molar-refractivity contribution >= 4 is 15.9 Å². The summed E-state index contributed by atoms with van der Waals surface area (Å²) in [5.74, 6) is 0. The average Bonchev–Trinajstić information content (AvgIpc) is 3.10. The number of nitrogens with one attached hydrogen (secondary N) is 1. The van der Waals surface area contributed by atoms with Crippen molar-refractivity contribution in [2.24, 2.45) is 0 Å². The monoisotopic (exact) mass is 283 g/mol. The molecule has 1 aromatic carbocycles. The van der Waals surface area contributed by atoms with Gasteiger partial charge in [-0.2, -0.15) is 0 Å². The molecule has 0 spiro atoms. The third kappa shape index (κ3) is 4.64. The Bertz CT molecular complexity index is 308. The highest BCUT2D eigenvalue weighted by Gasteiger charge is 2.19. The molecule has 1 aromatic rings. The third-order valence-electron chi connectivity index (χ3n) is 2.66. The van der Waals surface area contributed by atoms with Crippen molar-refractivity contribution in [1.82, 2.24) is 5.32 Å². The molecule has 1 N–H and O–H groups in total.